The summed E-state index contributed by atoms with van der Waals surface area (Å²) in [6.07, 6.45) is 3.63. The van der Waals surface area contributed by atoms with Crippen LogP contribution < -0.4 is 10.6 Å². The smallest absolute Gasteiger partial charge is 0.251 e. The van der Waals surface area contributed by atoms with Gasteiger partial charge in [-0.2, -0.15) is 0 Å². The molecule has 1 aliphatic carbocycles. The van der Waals surface area contributed by atoms with Crippen LogP contribution in [0.1, 0.15) is 23.2 Å². The molecule has 3 atom stereocenters. The molecule has 19 heavy (non-hydrogen) atoms. The number of nitrogens with one attached hydrogen (secondary N) is 2. The number of aromatic nitrogens is 1. The molecule has 3 unspecified atom stereocenters. The van der Waals surface area contributed by atoms with E-state index in [2.05, 4.69) is 15.6 Å². The average molecular weight is 257 g/mol. The van der Waals surface area contributed by atoms with Gasteiger partial charge < -0.3 is 15.1 Å². The van der Waals surface area contributed by atoms with Gasteiger partial charge in [-0.15, -0.1) is 0 Å². The fourth-order valence-electron chi connectivity index (χ4n) is 3.26. The maximum Gasteiger partial charge on any atom is 0.251 e. The van der Waals surface area contributed by atoms with Crippen molar-refractivity contribution in [1.82, 2.24) is 15.6 Å². The van der Waals surface area contributed by atoms with Crippen molar-refractivity contribution in [3.63, 3.8) is 0 Å². The van der Waals surface area contributed by atoms with E-state index in [9.17, 15) is 4.79 Å². The summed E-state index contributed by atoms with van der Waals surface area (Å²) in [5.41, 5.74) is 2.08. The fourth-order valence-corrected chi connectivity index (χ4v) is 3.26. The van der Waals surface area contributed by atoms with E-state index in [1.54, 1.807) is 18.2 Å². The third kappa shape index (κ3) is 1.81. The minimum Gasteiger partial charge on any atom is -0.443 e. The van der Waals surface area contributed by atoms with Crippen molar-refractivity contribution >= 4 is 17.0 Å². The monoisotopic (exact) mass is 257 g/mol. The summed E-state index contributed by atoms with van der Waals surface area (Å²) in [6, 6.07) is 6.26. The summed E-state index contributed by atoms with van der Waals surface area (Å²) in [7, 11) is 0. The van der Waals surface area contributed by atoms with Crippen molar-refractivity contribution in [2.24, 2.45) is 5.92 Å². The summed E-state index contributed by atoms with van der Waals surface area (Å²) < 4.78 is 5.18. The third-order valence-electron chi connectivity index (χ3n) is 4.27. The molecule has 1 amide bonds. The molecule has 0 spiro atoms. The predicted octanol–water partition coefficient (Wildman–Crippen LogP) is 1.31. The molecule has 1 aromatic heterocycles. The lowest BCUT2D eigenvalue weighted by Crippen LogP contribution is -2.44. The van der Waals surface area contributed by atoms with Gasteiger partial charge in [-0.25, -0.2) is 4.98 Å². The topological polar surface area (TPSA) is 67.2 Å². The van der Waals surface area contributed by atoms with Crippen LogP contribution in [-0.4, -0.2) is 29.5 Å². The molecule has 2 bridgehead atoms. The number of carbonyl (C=O) groups excluding carboxylic acids is 1. The highest BCUT2D eigenvalue weighted by Gasteiger charge is 2.40. The Morgan fingerprint density at radius 1 is 1.42 bits per heavy atom. The van der Waals surface area contributed by atoms with Gasteiger partial charge in [-0.3, -0.25) is 4.79 Å². The number of rotatable bonds is 2. The molecular formula is C14H15N3O2. The van der Waals surface area contributed by atoms with Crippen molar-refractivity contribution in [1.29, 1.82) is 0 Å². The van der Waals surface area contributed by atoms with Gasteiger partial charge in [0.1, 0.15) is 5.52 Å². The van der Waals surface area contributed by atoms with Crippen LogP contribution in [0.2, 0.25) is 0 Å². The maximum atomic E-state index is 12.3. The van der Waals surface area contributed by atoms with E-state index in [0.29, 0.717) is 29.1 Å². The van der Waals surface area contributed by atoms with E-state index in [0.717, 1.165) is 18.5 Å². The minimum atomic E-state index is -0.0116. The molecule has 0 radical (unpaired) electrons. The lowest BCUT2D eigenvalue weighted by Gasteiger charge is -2.23. The first-order valence-corrected chi connectivity index (χ1v) is 6.67. The van der Waals surface area contributed by atoms with Crippen LogP contribution in [0, 0.1) is 5.92 Å². The zero-order chi connectivity index (χ0) is 12.8. The number of oxazole rings is 1. The first-order chi connectivity index (χ1) is 9.29. The second kappa shape index (κ2) is 4.06. The fraction of sp³-hybridized carbons (Fsp3) is 0.429. The van der Waals surface area contributed by atoms with Gasteiger partial charge in [0, 0.05) is 24.2 Å². The van der Waals surface area contributed by atoms with Gasteiger partial charge in [-0.05, 0) is 37.0 Å². The van der Waals surface area contributed by atoms with Gasteiger partial charge in [-0.1, -0.05) is 0 Å². The molecule has 5 nitrogen and oxygen atoms in total. The molecule has 2 N–H and O–H groups in total. The van der Waals surface area contributed by atoms with Crippen LogP contribution in [-0.2, 0) is 0 Å². The Labute approximate surface area is 110 Å². The molecular weight excluding hydrogens is 242 g/mol. The van der Waals surface area contributed by atoms with E-state index in [4.69, 9.17) is 4.42 Å². The minimum absolute atomic E-state index is 0.0116. The van der Waals surface area contributed by atoms with Crippen LogP contribution in [0.4, 0.5) is 0 Å². The van der Waals surface area contributed by atoms with Gasteiger partial charge in [0.25, 0.3) is 5.91 Å². The van der Waals surface area contributed by atoms with Crippen LogP contribution in [0.25, 0.3) is 11.1 Å². The van der Waals surface area contributed by atoms with E-state index >= 15 is 0 Å². The highest BCUT2D eigenvalue weighted by atomic mass is 16.3. The van der Waals surface area contributed by atoms with Crippen molar-refractivity contribution in [3.8, 4) is 0 Å². The predicted molar refractivity (Wildman–Crippen MR) is 69.8 cm³/mol. The van der Waals surface area contributed by atoms with Gasteiger partial charge >= 0.3 is 0 Å². The number of benzene rings is 1. The van der Waals surface area contributed by atoms with Crippen molar-refractivity contribution in [2.45, 2.75) is 24.9 Å². The summed E-state index contributed by atoms with van der Waals surface area (Å²) in [5, 5.41) is 6.59. The second-order valence-corrected chi connectivity index (χ2v) is 5.45. The Morgan fingerprint density at radius 2 is 2.37 bits per heavy atom. The number of fused-ring (bicyclic) bond motifs is 3. The Morgan fingerprint density at radius 3 is 3.16 bits per heavy atom. The van der Waals surface area contributed by atoms with Gasteiger partial charge in [0.05, 0.1) is 0 Å². The molecule has 2 fully saturated rings. The molecule has 1 saturated carbocycles. The lowest BCUT2D eigenvalue weighted by atomic mass is 10.0. The molecule has 1 aromatic carbocycles. The Balaban J connectivity index is 1.53. The number of amides is 1. The van der Waals surface area contributed by atoms with E-state index in [1.165, 1.54) is 12.8 Å². The molecule has 4 rings (SSSR count). The van der Waals surface area contributed by atoms with Crippen molar-refractivity contribution in [3.05, 3.63) is 30.2 Å². The number of nitrogens with zero attached hydrogens (tertiary/aromatic N) is 1. The molecule has 5 heteroatoms. The molecule has 98 valence electrons. The molecule has 2 aliphatic rings. The third-order valence-corrected chi connectivity index (χ3v) is 4.27. The van der Waals surface area contributed by atoms with Gasteiger partial charge in [0.2, 0.25) is 0 Å². The number of hydrogen-bond acceptors (Lipinski definition) is 4. The SMILES string of the molecule is O=C(NC1CC2CC1CN2)c1ccc2ocnc2c1. The largest absolute Gasteiger partial charge is 0.443 e. The zero-order valence-corrected chi connectivity index (χ0v) is 10.4. The standard InChI is InChI=1S/C14H15N3O2/c18-14(17-11-5-10-3-9(11)6-15-10)8-1-2-13-12(4-8)16-7-19-13/h1-2,4,7,9-11,15H,3,5-6H2,(H,17,18). The normalized spacial score (nSPS) is 28.9. The number of carbonyl (C=O) groups is 1. The van der Waals surface area contributed by atoms with Crippen LogP contribution in [0.5, 0.6) is 0 Å². The molecule has 2 heterocycles. The first-order valence-electron chi connectivity index (χ1n) is 6.67. The summed E-state index contributed by atoms with van der Waals surface area (Å²) in [4.78, 5) is 16.3. The Bertz CT molecular complexity index is 636. The molecule has 2 aromatic rings. The van der Waals surface area contributed by atoms with E-state index in [1.807, 2.05) is 0 Å². The van der Waals surface area contributed by atoms with Crippen LogP contribution in [0.15, 0.2) is 29.0 Å². The highest BCUT2D eigenvalue weighted by Crippen LogP contribution is 2.31. The van der Waals surface area contributed by atoms with Crippen LogP contribution in [0.3, 0.4) is 0 Å². The summed E-state index contributed by atoms with van der Waals surface area (Å²) in [5.74, 6) is 0.576. The number of hydrogen-bond donors (Lipinski definition) is 2. The van der Waals surface area contributed by atoms with Gasteiger partial charge in [0.15, 0.2) is 12.0 Å². The average Bonchev–Trinajstić information content (AvgIpc) is 3.13. The summed E-state index contributed by atoms with van der Waals surface area (Å²) in [6.45, 7) is 1.03. The quantitative estimate of drug-likeness (QED) is 0.851. The zero-order valence-electron chi connectivity index (χ0n) is 10.4. The van der Waals surface area contributed by atoms with E-state index < -0.39 is 0 Å². The Kier molecular flexibility index (Phi) is 2.35. The molecule has 1 saturated heterocycles. The Hall–Kier alpha value is -1.88. The van der Waals surface area contributed by atoms with Crippen LogP contribution >= 0.6 is 0 Å². The highest BCUT2D eigenvalue weighted by molar-refractivity contribution is 5.97. The maximum absolute atomic E-state index is 12.3. The van der Waals surface area contributed by atoms with Crippen molar-refractivity contribution < 1.29 is 9.21 Å². The number of piperidine rings is 1. The molecule has 1 aliphatic heterocycles. The van der Waals surface area contributed by atoms with Crippen molar-refractivity contribution in [2.75, 3.05) is 6.54 Å². The first kappa shape index (κ1) is 11.0. The summed E-state index contributed by atoms with van der Waals surface area (Å²) >= 11 is 0. The van der Waals surface area contributed by atoms with E-state index in [-0.39, 0.29) is 5.91 Å². The lowest BCUT2D eigenvalue weighted by molar-refractivity contribution is 0.0925. The second-order valence-electron chi connectivity index (χ2n) is 5.45.